The molecule has 0 bridgehead atoms. The average molecular weight is 235 g/mol. The smallest absolute Gasteiger partial charge is 0.0230 e. The van der Waals surface area contributed by atoms with E-state index in [1.54, 1.807) is 0 Å². The molecular formula is C14H21NS. The Morgan fingerprint density at radius 3 is 2.31 bits per heavy atom. The van der Waals surface area contributed by atoms with Crippen molar-refractivity contribution in [3.8, 4) is 0 Å². The molecule has 0 amide bonds. The van der Waals surface area contributed by atoms with Crippen molar-refractivity contribution < 1.29 is 0 Å². The van der Waals surface area contributed by atoms with Gasteiger partial charge in [0.2, 0.25) is 0 Å². The van der Waals surface area contributed by atoms with E-state index in [4.69, 9.17) is 0 Å². The highest BCUT2D eigenvalue weighted by Crippen LogP contribution is 2.26. The van der Waals surface area contributed by atoms with E-state index in [0.717, 1.165) is 5.92 Å². The quantitative estimate of drug-likeness (QED) is 0.726. The second-order valence-corrected chi connectivity index (χ2v) is 6.14. The molecule has 0 atom stereocenters. The molecule has 1 nitrogen and oxygen atoms in total. The maximum Gasteiger partial charge on any atom is 0.0230 e. The van der Waals surface area contributed by atoms with Gasteiger partial charge in [0.05, 0.1) is 0 Å². The summed E-state index contributed by atoms with van der Waals surface area (Å²) >= 11 is 1.91. The van der Waals surface area contributed by atoms with E-state index in [2.05, 4.69) is 42.4 Å². The van der Waals surface area contributed by atoms with Gasteiger partial charge in [0.1, 0.15) is 0 Å². The van der Waals surface area contributed by atoms with Crippen LogP contribution in [0.4, 0.5) is 0 Å². The van der Waals surface area contributed by atoms with Gasteiger partial charge in [-0.3, -0.25) is 0 Å². The zero-order chi connectivity index (χ0) is 11.4. The van der Waals surface area contributed by atoms with E-state index in [1.807, 2.05) is 11.9 Å². The van der Waals surface area contributed by atoms with Crippen LogP contribution < -0.4 is 0 Å². The highest BCUT2D eigenvalue weighted by molar-refractivity contribution is 7.97. The van der Waals surface area contributed by atoms with Crippen molar-refractivity contribution in [2.75, 3.05) is 13.1 Å². The molecule has 1 aromatic rings. The second-order valence-electron chi connectivity index (χ2n) is 4.97. The van der Waals surface area contributed by atoms with Gasteiger partial charge < -0.3 is 0 Å². The molecule has 2 rings (SSSR count). The van der Waals surface area contributed by atoms with Crippen molar-refractivity contribution in [3.63, 3.8) is 0 Å². The SMILES string of the molecule is CC(C)Cc1ccc(SN2CCCC2)cc1. The highest BCUT2D eigenvalue weighted by Gasteiger charge is 2.12. The molecule has 1 aliphatic heterocycles. The largest absolute Gasteiger partial charge is 0.246 e. The lowest BCUT2D eigenvalue weighted by Crippen LogP contribution is -2.08. The Morgan fingerprint density at radius 2 is 1.75 bits per heavy atom. The van der Waals surface area contributed by atoms with Crippen LogP contribution in [0.25, 0.3) is 0 Å². The summed E-state index contributed by atoms with van der Waals surface area (Å²) in [6, 6.07) is 9.08. The first-order valence-corrected chi connectivity index (χ1v) is 7.03. The van der Waals surface area contributed by atoms with Crippen LogP contribution in [0.3, 0.4) is 0 Å². The predicted octanol–water partition coefficient (Wildman–Crippen LogP) is 3.99. The molecule has 0 unspecified atom stereocenters. The van der Waals surface area contributed by atoms with Gasteiger partial charge >= 0.3 is 0 Å². The van der Waals surface area contributed by atoms with Crippen LogP contribution >= 0.6 is 11.9 Å². The highest BCUT2D eigenvalue weighted by atomic mass is 32.2. The van der Waals surface area contributed by atoms with E-state index in [-0.39, 0.29) is 0 Å². The van der Waals surface area contributed by atoms with E-state index in [0.29, 0.717) is 0 Å². The van der Waals surface area contributed by atoms with Gasteiger partial charge in [0.15, 0.2) is 0 Å². The first-order valence-electron chi connectivity index (χ1n) is 6.26. The molecule has 0 aromatic heterocycles. The normalized spacial score (nSPS) is 17.2. The van der Waals surface area contributed by atoms with E-state index in [9.17, 15) is 0 Å². The van der Waals surface area contributed by atoms with Crippen LogP contribution in [-0.4, -0.2) is 17.4 Å². The summed E-state index contributed by atoms with van der Waals surface area (Å²) in [6.45, 7) is 7.04. The zero-order valence-corrected chi connectivity index (χ0v) is 11.1. The summed E-state index contributed by atoms with van der Waals surface area (Å²) < 4.78 is 2.47. The molecule has 1 saturated heterocycles. The Morgan fingerprint density at radius 1 is 1.12 bits per heavy atom. The minimum Gasteiger partial charge on any atom is -0.246 e. The maximum atomic E-state index is 2.47. The van der Waals surface area contributed by atoms with Gasteiger partial charge in [0.25, 0.3) is 0 Å². The van der Waals surface area contributed by atoms with Crippen LogP contribution in [0.5, 0.6) is 0 Å². The van der Waals surface area contributed by atoms with Crippen molar-refractivity contribution in [1.82, 2.24) is 4.31 Å². The third-order valence-corrected chi connectivity index (χ3v) is 3.97. The van der Waals surface area contributed by atoms with Crippen LogP contribution in [0.15, 0.2) is 29.2 Å². The fourth-order valence-corrected chi connectivity index (χ4v) is 3.08. The van der Waals surface area contributed by atoms with E-state index >= 15 is 0 Å². The lowest BCUT2D eigenvalue weighted by molar-refractivity contribution is 0.586. The minimum absolute atomic E-state index is 0.747. The molecule has 88 valence electrons. The third-order valence-electron chi connectivity index (χ3n) is 2.87. The Hall–Kier alpha value is -0.470. The van der Waals surface area contributed by atoms with Gasteiger partial charge in [-0.1, -0.05) is 26.0 Å². The lowest BCUT2D eigenvalue weighted by Gasteiger charge is -2.13. The Labute approximate surface area is 103 Å². The molecule has 0 spiro atoms. The predicted molar refractivity (Wildman–Crippen MR) is 71.6 cm³/mol. The monoisotopic (exact) mass is 235 g/mol. The van der Waals surface area contributed by atoms with Crippen LogP contribution in [0, 0.1) is 5.92 Å². The van der Waals surface area contributed by atoms with Gasteiger partial charge in [-0.05, 0) is 54.8 Å². The molecule has 0 radical (unpaired) electrons. The van der Waals surface area contributed by atoms with Crippen LogP contribution in [0.1, 0.15) is 32.3 Å². The second kappa shape index (κ2) is 5.74. The number of nitrogens with zero attached hydrogens (tertiary/aromatic N) is 1. The minimum atomic E-state index is 0.747. The first-order chi connectivity index (χ1) is 7.74. The molecule has 0 saturated carbocycles. The molecule has 1 aliphatic rings. The molecule has 16 heavy (non-hydrogen) atoms. The maximum absolute atomic E-state index is 2.47. The van der Waals surface area contributed by atoms with E-state index in [1.165, 1.54) is 42.8 Å². The zero-order valence-electron chi connectivity index (χ0n) is 10.3. The molecular weight excluding hydrogens is 214 g/mol. The molecule has 1 heterocycles. The van der Waals surface area contributed by atoms with Crippen molar-refractivity contribution in [2.45, 2.75) is 38.0 Å². The summed E-state index contributed by atoms with van der Waals surface area (Å²) in [5.41, 5.74) is 1.46. The number of benzene rings is 1. The Balaban J connectivity index is 1.90. The molecule has 1 aromatic carbocycles. The standard InChI is InChI=1S/C14H21NS/c1-12(2)11-13-5-7-14(8-6-13)16-15-9-3-4-10-15/h5-8,12H,3-4,9-11H2,1-2H3. The summed E-state index contributed by atoms with van der Waals surface area (Å²) in [5.74, 6) is 0.747. The van der Waals surface area contributed by atoms with Gasteiger partial charge in [-0.15, -0.1) is 0 Å². The summed E-state index contributed by atoms with van der Waals surface area (Å²) in [5, 5.41) is 0. The summed E-state index contributed by atoms with van der Waals surface area (Å²) in [4.78, 5) is 1.38. The lowest BCUT2D eigenvalue weighted by atomic mass is 10.0. The van der Waals surface area contributed by atoms with Gasteiger partial charge in [-0.25, -0.2) is 4.31 Å². The molecule has 0 N–H and O–H groups in total. The Bertz CT molecular complexity index is 312. The summed E-state index contributed by atoms with van der Waals surface area (Å²) in [7, 11) is 0. The number of hydrogen-bond acceptors (Lipinski definition) is 2. The van der Waals surface area contributed by atoms with E-state index < -0.39 is 0 Å². The van der Waals surface area contributed by atoms with Crippen LogP contribution in [0.2, 0.25) is 0 Å². The Kier molecular flexibility index (Phi) is 4.30. The topological polar surface area (TPSA) is 3.24 Å². The number of hydrogen-bond donors (Lipinski definition) is 0. The van der Waals surface area contributed by atoms with Crippen LogP contribution in [-0.2, 0) is 6.42 Å². The average Bonchev–Trinajstić information content (AvgIpc) is 2.73. The fourth-order valence-electron chi connectivity index (χ4n) is 2.09. The summed E-state index contributed by atoms with van der Waals surface area (Å²) in [6.07, 6.45) is 3.91. The van der Waals surface area contributed by atoms with Gasteiger partial charge in [0, 0.05) is 18.0 Å². The van der Waals surface area contributed by atoms with Crippen molar-refractivity contribution in [1.29, 1.82) is 0 Å². The van der Waals surface area contributed by atoms with Crippen molar-refractivity contribution in [3.05, 3.63) is 29.8 Å². The third kappa shape index (κ3) is 3.53. The van der Waals surface area contributed by atoms with Crippen molar-refractivity contribution in [2.24, 2.45) is 5.92 Å². The van der Waals surface area contributed by atoms with Crippen molar-refractivity contribution >= 4 is 11.9 Å². The van der Waals surface area contributed by atoms with Gasteiger partial charge in [-0.2, -0.15) is 0 Å². The molecule has 2 heteroatoms. The fraction of sp³-hybridized carbons (Fsp3) is 0.571. The first kappa shape index (κ1) is 12.0. The molecule has 0 aliphatic carbocycles. The number of rotatable bonds is 4. The molecule has 1 fully saturated rings.